The molecule has 0 aliphatic rings. The maximum absolute atomic E-state index is 11.0. The number of hydrogen-bond donors (Lipinski definition) is 2. The number of amides is 1. The Hall–Kier alpha value is -1.40. The van der Waals surface area contributed by atoms with Crippen LogP contribution >= 0.6 is 11.6 Å². The van der Waals surface area contributed by atoms with Gasteiger partial charge in [-0.3, -0.25) is 4.79 Å². The topological polar surface area (TPSA) is 76.1 Å². The van der Waals surface area contributed by atoms with Gasteiger partial charge in [0.05, 0.1) is 0 Å². The van der Waals surface area contributed by atoms with Crippen molar-refractivity contribution in [3.05, 3.63) is 17.0 Å². The predicted molar refractivity (Wildman–Crippen MR) is 64.9 cm³/mol. The first-order chi connectivity index (χ1) is 8.15. The van der Waals surface area contributed by atoms with Gasteiger partial charge >= 0.3 is 0 Å². The third-order valence-corrected chi connectivity index (χ3v) is 2.15. The molecule has 0 aromatic carbocycles. The molecule has 1 aromatic heterocycles. The van der Waals surface area contributed by atoms with Crippen LogP contribution in [-0.2, 0) is 16.1 Å². The number of hydrogen-bond acceptors (Lipinski definition) is 5. The highest BCUT2D eigenvalue weighted by Gasteiger charge is 2.03. The molecule has 2 N–H and O–H groups in total. The summed E-state index contributed by atoms with van der Waals surface area (Å²) in [6, 6.07) is 1.60. The summed E-state index contributed by atoms with van der Waals surface area (Å²) >= 11 is 5.83. The molecule has 0 saturated heterocycles. The Morgan fingerprint density at radius 1 is 1.53 bits per heavy atom. The SMILES string of the molecule is CNC(=O)CCNc1cc(Cl)nc(COC)n1. The fourth-order valence-corrected chi connectivity index (χ4v) is 1.38. The minimum Gasteiger partial charge on any atom is -0.377 e. The lowest BCUT2D eigenvalue weighted by molar-refractivity contribution is -0.120. The molecule has 0 fully saturated rings. The van der Waals surface area contributed by atoms with Crippen molar-refractivity contribution in [3.63, 3.8) is 0 Å². The molecule has 1 aromatic rings. The first kappa shape index (κ1) is 13.7. The summed E-state index contributed by atoms with van der Waals surface area (Å²) < 4.78 is 4.92. The highest BCUT2D eigenvalue weighted by molar-refractivity contribution is 6.29. The normalized spacial score (nSPS) is 10.1. The molecule has 1 rings (SSSR count). The Balaban J connectivity index is 2.55. The molecule has 17 heavy (non-hydrogen) atoms. The van der Waals surface area contributed by atoms with E-state index in [4.69, 9.17) is 16.3 Å². The second kappa shape index (κ2) is 7.03. The van der Waals surface area contributed by atoms with Crippen molar-refractivity contribution < 1.29 is 9.53 Å². The van der Waals surface area contributed by atoms with E-state index in [0.717, 1.165) is 0 Å². The van der Waals surface area contributed by atoms with Gasteiger partial charge in [-0.25, -0.2) is 9.97 Å². The zero-order valence-electron chi connectivity index (χ0n) is 9.79. The van der Waals surface area contributed by atoms with Crippen molar-refractivity contribution in [1.29, 1.82) is 0 Å². The van der Waals surface area contributed by atoms with Gasteiger partial charge in [0.25, 0.3) is 0 Å². The van der Waals surface area contributed by atoms with Crippen molar-refractivity contribution in [2.24, 2.45) is 0 Å². The predicted octanol–water partition coefficient (Wildman–Crippen LogP) is 0.824. The summed E-state index contributed by atoms with van der Waals surface area (Å²) in [6.07, 6.45) is 0.373. The number of rotatable bonds is 6. The molecule has 0 bridgehead atoms. The molecular formula is C10H15ClN4O2. The summed E-state index contributed by atoms with van der Waals surface area (Å²) in [5.41, 5.74) is 0. The number of methoxy groups -OCH3 is 1. The highest BCUT2D eigenvalue weighted by Crippen LogP contribution is 2.11. The number of carbonyl (C=O) groups excluding carboxylic acids is 1. The van der Waals surface area contributed by atoms with E-state index < -0.39 is 0 Å². The number of nitrogens with zero attached hydrogens (tertiary/aromatic N) is 2. The molecule has 0 aliphatic heterocycles. The molecule has 6 nitrogen and oxygen atoms in total. The van der Waals surface area contributed by atoms with Gasteiger partial charge in [-0.1, -0.05) is 11.6 Å². The summed E-state index contributed by atoms with van der Waals surface area (Å²) in [4.78, 5) is 19.2. The van der Waals surface area contributed by atoms with Crippen molar-refractivity contribution in [2.75, 3.05) is 26.0 Å². The minimum absolute atomic E-state index is 0.0326. The lowest BCUT2D eigenvalue weighted by Gasteiger charge is -2.07. The van der Waals surface area contributed by atoms with Crippen molar-refractivity contribution in [2.45, 2.75) is 13.0 Å². The number of anilines is 1. The van der Waals surface area contributed by atoms with Gasteiger partial charge in [0.15, 0.2) is 5.82 Å². The van der Waals surface area contributed by atoms with Gasteiger partial charge < -0.3 is 15.4 Å². The fraction of sp³-hybridized carbons (Fsp3) is 0.500. The fourth-order valence-electron chi connectivity index (χ4n) is 1.18. The zero-order valence-corrected chi connectivity index (χ0v) is 10.5. The van der Waals surface area contributed by atoms with Crippen LogP contribution in [0.25, 0.3) is 0 Å². The first-order valence-electron chi connectivity index (χ1n) is 5.12. The first-order valence-corrected chi connectivity index (χ1v) is 5.50. The largest absolute Gasteiger partial charge is 0.377 e. The third-order valence-electron chi connectivity index (χ3n) is 1.95. The van der Waals surface area contributed by atoms with Crippen LogP contribution in [0.3, 0.4) is 0 Å². The molecule has 0 spiro atoms. The van der Waals surface area contributed by atoms with Crippen LogP contribution in [0.2, 0.25) is 5.15 Å². The average Bonchev–Trinajstić information content (AvgIpc) is 2.28. The Morgan fingerprint density at radius 3 is 2.94 bits per heavy atom. The van der Waals surface area contributed by atoms with Gasteiger partial charge in [0.1, 0.15) is 17.6 Å². The van der Waals surface area contributed by atoms with Crippen molar-refractivity contribution in [3.8, 4) is 0 Å². The number of halogens is 1. The van der Waals surface area contributed by atoms with E-state index in [-0.39, 0.29) is 5.91 Å². The van der Waals surface area contributed by atoms with Crippen LogP contribution in [0.15, 0.2) is 6.07 Å². The molecule has 0 atom stereocenters. The maximum atomic E-state index is 11.0. The molecule has 1 heterocycles. The molecular weight excluding hydrogens is 244 g/mol. The van der Waals surface area contributed by atoms with E-state index in [9.17, 15) is 4.79 Å². The summed E-state index contributed by atoms with van der Waals surface area (Å²) in [5.74, 6) is 1.05. The molecule has 1 amide bonds. The van der Waals surface area contributed by atoms with Crippen LogP contribution in [0.1, 0.15) is 12.2 Å². The Kier molecular flexibility index (Phi) is 5.65. The Bertz CT molecular complexity index is 387. The van der Waals surface area contributed by atoms with Crippen molar-refractivity contribution in [1.82, 2.24) is 15.3 Å². The van der Waals surface area contributed by atoms with E-state index >= 15 is 0 Å². The third kappa shape index (κ3) is 4.97. The molecule has 0 unspecified atom stereocenters. The molecule has 0 aliphatic carbocycles. The minimum atomic E-state index is -0.0326. The summed E-state index contributed by atoms with van der Waals surface area (Å²) in [6.45, 7) is 0.782. The van der Waals surface area contributed by atoms with E-state index in [1.165, 1.54) is 0 Å². The van der Waals surface area contributed by atoms with Gasteiger partial charge in [0, 0.05) is 33.2 Å². The quantitative estimate of drug-likeness (QED) is 0.739. The lowest BCUT2D eigenvalue weighted by Crippen LogP contribution is -2.21. The lowest BCUT2D eigenvalue weighted by atomic mass is 10.4. The van der Waals surface area contributed by atoms with E-state index in [2.05, 4.69) is 20.6 Å². The molecule has 94 valence electrons. The summed E-state index contributed by atoms with van der Waals surface area (Å²) in [7, 11) is 3.16. The van der Waals surface area contributed by atoms with Crippen LogP contribution < -0.4 is 10.6 Å². The molecule has 0 radical (unpaired) electrons. The number of carbonyl (C=O) groups is 1. The second-order valence-corrected chi connectivity index (χ2v) is 3.66. The van der Waals surface area contributed by atoms with Gasteiger partial charge in [0.2, 0.25) is 5.91 Å². The second-order valence-electron chi connectivity index (χ2n) is 3.28. The van der Waals surface area contributed by atoms with Gasteiger partial charge in [-0.05, 0) is 0 Å². The highest BCUT2D eigenvalue weighted by atomic mass is 35.5. The average molecular weight is 259 g/mol. The Morgan fingerprint density at radius 2 is 2.29 bits per heavy atom. The van der Waals surface area contributed by atoms with Crippen LogP contribution in [0.5, 0.6) is 0 Å². The van der Waals surface area contributed by atoms with Gasteiger partial charge in [-0.15, -0.1) is 0 Å². The monoisotopic (exact) mass is 258 g/mol. The smallest absolute Gasteiger partial charge is 0.221 e. The Labute approximate surface area is 105 Å². The van der Waals surface area contributed by atoms with E-state index in [0.29, 0.717) is 36.4 Å². The molecule has 0 saturated carbocycles. The summed E-state index contributed by atoms with van der Waals surface area (Å²) in [5, 5.41) is 5.88. The van der Waals surface area contributed by atoms with E-state index in [1.54, 1.807) is 20.2 Å². The van der Waals surface area contributed by atoms with Crippen LogP contribution in [0.4, 0.5) is 5.82 Å². The van der Waals surface area contributed by atoms with Crippen molar-refractivity contribution >= 4 is 23.3 Å². The number of aromatic nitrogens is 2. The van der Waals surface area contributed by atoms with E-state index in [1.807, 2.05) is 0 Å². The maximum Gasteiger partial charge on any atom is 0.221 e. The molecule has 7 heteroatoms. The standard InChI is InChI=1S/C10H15ClN4O2/c1-12-10(16)3-4-13-8-5-7(11)14-9(15-8)6-17-2/h5H,3-4,6H2,1-2H3,(H,12,16)(H,13,14,15). The number of ether oxygens (including phenoxy) is 1. The van der Waals surface area contributed by atoms with Crippen LogP contribution in [-0.4, -0.2) is 36.6 Å². The zero-order chi connectivity index (χ0) is 12.7. The van der Waals surface area contributed by atoms with Gasteiger partial charge in [-0.2, -0.15) is 0 Å². The van der Waals surface area contributed by atoms with Crippen LogP contribution in [0, 0.1) is 0 Å². The number of nitrogens with one attached hydrogen (secondary N) is 2.